The first-order valence-corrected chi connectivity index (χ1v) is 9.14. The molecule has 136 valence electrons. The molecule has 1 aromatic carbocycles. The van der Waals surface area contributed by atoms with Gasteiger partial charge in [0.1, 0.15) is 5.65 Å². The number of urea groups is 1. The molecule has 5 nitrogen and oxygen atoms in total. The normalized spacial score (nSPS) is 11.1. The van der Waals surface area contributed by atoms with E-state index in [-0.39, 0.29) is 6.03 Å². The van der Waals surface area contributed by atoms with Gasteiger partial charge in [0.25, 0.3) is 0 Å². The lowest BCUT2D eigenvalue weighted by Crippen LogP contribution is -2.30. The third kappa shape index (κ3) is 4.55. The zero-order chi connectivity index (χ0) is 18.5. The van der Waals surface area contributed by atoms with Gasteiger partial charge in [0.15, 0.2) is 0 Å². The van der Waals surface area contributed by atoms with E-state index in [9.17, 15) is 4.79 Å². The SMILES string of the molecule is CC(C)Cn1cc(CCNC(=O)Nc2ccc(Cl)cc2)c2cccnc21. The first-order valence-electron chi connectivity index (χ1n) is 8.76. The van der Waals surface area contributed by atoms with E-state index in [0.29, 0.717) is 23.2 Å². The zero-order valence-electron chi connectivity index (χ0n) is 15.0. The Morgan fingerprint density at radius 2 is 2.00 bits per heavy atom. The molecule has 0 aliphatic rings. The molecule has 0 aliphatic heterocycles. The molecule has 0 atom stereocenters. The van der Waals surface area contributed by atoms with Gasteiger partial charge in [-0.15, -0.1) is 0 Å². The van der Waals surface area contributed by atoms with Crippen LogP contribution in [0.5, 0.6) is 0 Å². The van der Waals surface area contributed by atoms with Crippen LogP contribution in [0.3, 0.4) is 0 Å². The molecule has 3 rings (SSSR count). The van der Waals surface area contributed by atoms with Crippen LogP contribution in [0.2, 0.25) is 5.02 Å². The Kier molecular flexibility index (Phi) is 5.78. The van der Waals surface area contributed by atoms with Crippen LogP contribution in [0, 0.1) is 5.92 Å². The number of carbonyl (C=O) groups is 1. The Bertz CT molecular complexity index is 886. The maximum Gasteiger partial charge on any atom is 0.319 e. The number of halogens is 1. The van der Waals surface area contributed by atoms with Crippen LogP contribution < -0.4 is 10.6 Å². The fourth-order valence-corrected chi connectivity index (χ4v) is 3.07. The number of hydrogen-bond donors (Lipinski definition) is 2. The minimum absolute atomic E-state index is 0.226. The van der Waals surface area contributed by atoms with E-state index in [1.54, 1.807) is 24.3 Å². The smallest absolute Gasteiger partial charge is 0.319 e. The summed E-state index contributed by atoms with van der Waals surface area (Å²) in [6.07, 6.45) is 4.72. The molecular weight excluding hydrogens is 348 g/mol. The average molecular weight is 371 g/mol. The second kappa shape index (κ2) is 8.23. The maximum absolute atomic E-state index is 12.0. The van der Waals surface area contributed by atoms with Crippen molar-refractivity contribution in [2.75, 3.05) is 11.9 Å². The number of nitrogens with one attached hydrogen (secondary N) is 2. The summed E-state index contributed by atoms with van der Waals surface area (Å²) in [7, 11) is 0. The molecule has 2 heterocycles. The van der Waals surface area contributed by atoms with E-state index >= 15 is 0 Å². The Morgan fingerprint density at radius 1 is 1.23 bits per heavy atom. The summed E-state index contributed by atoms with van der Waals surface area (Å²) in [4.78, 5) is 16.5. The largest absolute Gasteiger partial charge is 0.338 e. The summed E-state index contributed by atoms with van der Waals surface area (Å²) in [5, 5.41) is 7.48. The molecular formula is C20H23ClN4O. The van der Waals surface area contributed by atoms with Crippen molar-refractivity contribution in [2.24, 2.45) is 5.92 Å². The summed E-state index contributed by atoms with van der Waals surface area (Å²) in [6, 6.07) is 10.8. The van der Waals surface area contributed by atoms with Crippen molar-refractivity contribution in [1.82, 2.24) is 14.9 Å². The predicted octanol–water partition coefficient (Wildman–Crippen LogP) is 4.71. The number of pyridine rings is 1. The third-order valence-corrected chi connectivity index (χ3v) is 4.31. The van der Waals surface area contributed by atoms with Crippen molar-refractivity contribution in [2.45, 2.75) is 26.8 Å². The van der Waals surface area contributed by atoms with Crippen LogP contribution in [0.15, 0.2) is 48.8 Å². The molecule has 2 aromatic heterocycles. The number of rotatable bonds is 6. The Balaban J connectivity index is 1.61. The highest BCUT2D eigenvalue weighted by Crippen LogP contribution is 2.21. The molecule has 0 saturated carbocycles. The monoisotopic (exact) mass is 370 g/mol. The number of anilines is 1. The first-order chi connectivity index (χ1) is 12.5. The molecule has 0 fully saturated rings. The van der Waals surface area contributed by atoms with E-state index < -0.39 is 0 Å². The third-order valence-electron chi connectivity index (χ3n) is 4.06. The second-order valence-electron chi connectivity index (χ2n) is 6.71. The fourth-order valence-electron chi connectivity index (χ4n) is 2.95. The van der Waals surface area contributed by atoms with E-state index in [1.807, 2.05) is 12.3 Å². The molecule has 26 heavy (non-hydrogen) atoms. The molecule has 0 radical (unpaired) electrons. The molecule has 0 aliphatic carbocycles. The number of hydrogen-bond acceptors (Lipinski definition) is 2. The molecule has 0 spiro atoms. The Labute approximate surface area is 158 Å². The lowest BCUT2D eigenvalue weighted by Gasteiger charge is -2.07. The second-order valence-corrected chi connectivity index (χ2v) is 7.15. The number of nitrogens with zero attached hydrogens (tertiary/aromatic N) is 2. The quantitative estimate of drug-likeness (QED) is 0.660. The van der Waals surface area contributed by atoms with Gasteiger partial charge in [-0.05, 0) is 54.3 Å². The number of fused-ring (bicyclic) bond motifs is 1. The highest BCUT2D eigenvalue weighted by Gasteiger charge is 2.10. The van der Waals surface area contributed by atoms with Crippen LogP contribution in [0.1, 0.15) is 19.4 Å². The minimum Gasteiger partial charge on any atom is -0.338 e. The van der Waals surface area contributed by atoms with Gasteiger partial charge in [0, 0.05) is 41.6 Å². The van der Waals surface area contributed by atoms with E-state index in [1.165, 1.54) is 5.56 Å². The average Bonchev–Trinajstić information content (AvgIpc) is 2.94. The van der Waals surface area contributed by atoms with Crippen molar-refractivity contribution >= 4 is 34.4 Å². The van der Waals surface area contributed by atoms with E-state index in [0.717, 1.165) is 24.0 Å². The molecule has 2 amide bonds. The number of benzene rings is 1. The van der Waals surface area contributed by atoms with Gasteiger partial charge in [-0.25, -0.2) is 9.78 Å². The summed E-state index contributed by atoms with van der Waals surface area (Å²) in [6.45, 7) is 5.86. The highest BCUT2D eigenvalue weighted by molar-refractivity contribution is 6.30. The van der Waals surface area contributed by atoms with Gasteiger partial charge in [-0.3, -0.25) is 0 Å². The van der Waals surface area contributed by atoms with Crippen LogP contribution in [0.4, 0.5) is 10.5 Å². The predicted molar refractivity (Wildman–Crippen MR) is 107 cm³/mol. The highest BCUT2D eigenvalue weighted by atomic mass is 35.5. The van der Waals surface area contributed by atoms with Gasteiger partial charge in [-0.1, -0.05) is 25.4 Å². The molecule has 0 unspecified atom stereocenters. The van der Waals surface area contributed by atoms with Gasteiger partial charge < -0.3 is 15.2 Å². The molecule has 2 N–H and O–H groups in total. The standard InChI is InChI=1S/C20H23ClN4O/c1-14(2)12-25-13-15(18-4-3-10-22-19(18)25)9-11-23-20(26)24-17-7-5-16(21)6-8-17/h3-8,10,13-14H,9,11-12H2,1-2H3,(H2,23,24,26). The van der Waals surface area contributed by atoms with Crippen molar-refractivity contribution in [1.29, 1.82) is 0 Å². The zero-order valence-corrected chi connectivity index (χ0v) is 15.8. The number of amides is 2. The van der Waals surface area contributed by atoms with Gasteiger partial charge in [0.05, 0.1) is 0 Å². The van der Waals surface area contributed by atoms with Crippen molar-refractivity contribution in [3.05, 3.63) is 59.4 Å². The van der Waals surface area contributed by atoms with E-state index in [4.69, 9.17) is 11.6 Å². The lowest BCUT2D eigenvalue weighted by atomic mass is 10.1. The minimum atomic E-state index is -0.226. The molecule has 6 heteroatoms. The van der Waals surface area contributed by atoms with E-state index in [2.05, 4.69) is 46.3 Å². The summed E-state index contributed by atoms with van der Waals surface area (Å²) < 4.78 is 2.20. The fraction of sp³-hybridized carbons (Fsp3) is 0.300. The number of carbonyl (C=O) groups excluding carboxylic acids is 1. The summed E-state index contributed by atoms with van der Waals surface area (Å²) >= 11 is 5.85. The van der Waals surface area contributed by atoms with Crippen molar-refractivity contribution < 1.29 is 4.79 Å². The summed E-state index contributed by atoms with van der Waals surface area (Å²) in [5.74, 6) is 0.545. The summed E-state index contributed by atoms with van der Waals surface area (Å²) in [5.41, 5.74) is 2.91. The van der Waals surface area contributed by atoms with Crippen LogP contribution in [-0.2, 0) is 13.0 Å². The molecule has 0 bridgehead atoms. The number of aromatic nitrogens is 2. The van der Waals surface area contributed by atoms with Gasteiger partial charge >= 0.3 is 6.03 Å². The maximum atomic E-state index is 12.0. The first kappa shape index (κ1) is 18.3. The van der Waals surface area contributed by atoms with Gasteiger partial charge in [-0.2, -0.15) is 0 Å². The topological polar surface area (TPSA) is 59.0 Å². The Morgan fingerprint density at radius 3 is 2.73 bits per heavy atom. The van der Waals surface area contributed by atoms with Gasteiger partial charge in [0.2, 0.25) is 0 Å². The lowest BCUT2D eigenvalue weighted by molar-refractivity contribution is 0.252. The Hall–Kier alpha value is -2.53. The van der Waals surface area contributed by atoms with Crippen LogP contribution >= 0.6 is 11.6 Å². The van der Waals surface area contributed by atoms with Crippen molar-refractivity contribution in [3.8, 4) is 0 Å². The van der Waals surface area contributed by atoms with Crippen LogP contribution in [0.25, 0.3) is 11.0 Å². The van der Waals surface area contributed by atoms with Crippen LogP contribution in [-0.4, -0.2) is 22.1 Å². The molecule has 3 aromatic rings. The molecule has 0 saturated heterocycles. The van der Waals surface area contributed by atoms with Crippen molar-refractivity contribution in [3.63, 3.8) is 0 Å².